The van der Waals surface area contributed by atoms with Gasteiger partial charge in [0.1, 0.15) is 17.0 Å². The lowest BCUT2D eigenvalue weighted by molar-refractivity contribution is 0.0829. The number of carbonyl (C=O) groups is 2. The van der Waals surface area contributed by atoms with Crippen LogP contribution in [0.4, 0.5) is 0 Å². The van der Waals surface area contributed by atoms with Gasteiger partial charge in [0.2, 0.25) is 0 Å². The van der Waals surface area contributed by atoms with Crippen LogP contribution in [0.5, 0.6) is 5.75 Å². The van der Waals surface area contributed by atoms with Crippen LogP contribution in [-0.2, 0) is 0 Å². The summed E-state index contributed by atoms with van der Waals surface area (Å²) in [6, 6.07) is 14.5. The van der Waals surface area contributed by atoms with Gasteiger partial charge >= 0.3 is 5.91 Å². The maximum absolute atomic E-state index is 12.4. The number of carbonyl (C=O) groups excluding carboxylic acids is 2. The van der Waals surface area contributed by atoms with Crippen molar-refractivity contribution >= 4 is 33.7 Å². The molecule has 0 saturated heterocycles. The molecule has 7 nitrogen and oxygen atoms in total. The number of para-hydroxylation sites is 1. The molecule has 3 N–H and O–H groups in total. The van der Waals surface area contributed by atoms with Crippen LogP contribution in [0.2, 0.25) is 0 Å². The van der Waals surface area contributed by atoms with Gasteiger partial charge in [-0.2, -0.15) is 0 Å². The maximum atomic E-state index is 12.4. The summed E-state index contributed by atoms with van der Waals surface area (Å²) >= 11 is 0. The molecule has 27 heavy (non-hydrogen) atoms. The Kier molecular flexibility index (Phi) is 4.04. The van der Waals surface area contributed by atoms with Crippen LogP contribution in [0.3, 0.4) is 0 Å². The van der Waals surface area contributed by atoms with Gasteiger partial charge in [0.05, 0.1) is 7.11 Å². The van der Waals surface area contributed by atoms with Crippen molar-refractivity contribution in [3.8, 4) is 5.75 Å². The number of aromatic nitrogens is 1. The van der Waals surface area contributed by atoms with Gasteiger partial charge < -0.3 is 14.1 Å². The van der Waals surface area contributed by atoms with Crippen molar-refractivity contribution in [3.63, 3.8) is 0 Å². The average Bonchev–Trinajstić information content (AvgIpc) is 3.27. The first-order chi connectivity index (χ1) is 13.1. The minimum absolute atomic E-state index is 0.165. The van der Waals surface area contributed by atoms with Gasteiger partial charge in [-0.05, 0) is 31.2 Å². The van der Waals surface area contributed by atoms with E-state index in [9.17, 15) is 9.59 Å². The highest BCUT2D eigenvalue weighted by Gasteiger charge is 2.18. The molecule has 136 valence electrons. The van der Waals surface area contributed by atoms with E-state index in [1.807, 2.05) is 30.3 Å². The number of ether oxygens (including phenoxy) is 1. The molecule has 0 aliphatic heterocycles. The minimum Gasteiger partial charge on any atom is -0.497 e. The van der Waals surface area contributed by atoms with E-state index < -0.39 is 11.8 Å². The lowest BCUT2D eigenvalue weighted by Crippen LogP contribution is -2.41. The van der Waals surface area contributed by atoms with Crippen LogP contribution in [-0.4, -0.2) is 23.9 Å². The molecule has 2 heterocycles. The van der Waals surface area contributed by atoms with Gasteiger partial charge in [-0.25, -0.2) is 0 Å². The average molecular weight is 363 g/mol. The first kappa shape index (κ1) is 16.7. The Labute approximate surface area is 154 Å². The Bertz CT molecular complexity index is 1170. The molecule has 0 saturated carbocycles. The number of H-pyrrole nitrogens is 1. The lowest BCUT2D eigenvalue weighted by Gasteiger charge is -2.05. The van der Waals surface area contributed by atoms with E-state index >= 15 is 0 Å². The second-order valence-corrected chi connectivity index (χ2v) is 6.10. The zero-order valence-corrected chi connectivity index (χ0v) is 14.8. The summed E-state index contributed by atoms with van der Waals surface area (Å²) in [7, 11) is 1.58. The number of benzene rings is 2. The van der Waals surface area contributed by atoms with E-state index in [2.05, 4.69) is 15.8 Å². The quantitative estimate of drug-likeness (QED) is 0.487. The van der Waals surface area contributed by atoms with Crippen molar-refractivity contribution in [2.45, 2.75) is 6.92 Å². The fourth-order valence-corrected chi connectivity index (χ4v) is 2.98. The minimum atomic E-state index is -0.519. The molecule has 4 aromatic rings. The Morgan fingerprint density at radius 1 is 1.04 bits per heavy atom. The number of furan rings is 1. The van der Waals surface area contributed by atoms with Crippen LogP contribution in [0.15, 0.2) is 52.9 Å². The van der Waals surface area contributed by atoms with E-state index in [4.69, 9.17) is 9.15 Å². The number of amides is 2. The van der Waals surface area contributed by atoms with Gasteiger partial charge in [-0.15, -0.1) is 0 Å². The van der Waals surface area contributed by atoms with Crippen LogP contribution >= 0.6 is 0 Å². The van der Waals surface area contributed by atoms with E-state index in [0.29, 0.717) is 17.0 Å². The second kappa shape index (κ2) is 6.53. The first-order valence-corrected chi connectivity index (χ1v) is 8.32. The summed E-state index contributed by atoms with van der Waals surface area (Å²) in [6.07, 6.45) is 0. The van der Waals surface area contributed by atoms with E-state index in [1.165, 1.54) is 0 Å². The molecule has 4 rings (SSSR count). The Hall–Kier alpha value is -3.74. The lowest BCUT2D eigenvalue weighted by atomic mass is 10.1. The second-order valence-electron chi connectivity index (χ2n) is 6.10. The molecule has 0 unspecified atom stereocenters. The number of fused-ring (bicyclic) bond motifs is 2. The molecule has 2 aromatic heterocycles. The Morgan fingerprint density at radius 2 is 1.81 bits per heavy atom. The standard InChI is InChI=1S/C20H17N3O4/c1-11-14-5-3-4-6-17(14)27-18(11)20(25)23-22-19(24)16-9-12-7-8-13(26-2)10-15(12)21-16/h3-10,21H,1-2H3,(H,22,24)(H,23,25). The molecule has 0 bridgehead atoms. The number of hydrogen-bond acceptors (Lipinski definition) is 4. The molecular formula is C20H17N3O4. The molecule has 0 aliphatic rings. The highest BCUT2D eigenvalue weighted by molar-refractivity contribution is 6.02. The van der Waals surface area contributed by atoms with Crippen molar-refractivity contribution in [2.75, 3.05) is 7.11 Å². The third kappa shape index (κ3) is 2.99. The topological polar surface area (TPSA) is 96.4 Å². The molecule has 2 aromatic carbocycles. The van der Waals surface area contributed by atoms with Crippen molar-refractivity contribution < 1.29 is 18.7 Å². The Balaban J connectivity index is 1.50. The number of methoxy groups -OCH3 is 1. The fourth-order valence-electron chi connectivity index (χ4n) is 2.98. The van der Waals surface area contributed by atoms with Crippen molar-refractivity contribution in [3.05, 3.63) is 65.5 Å². The summed E-state index contributed by atoms with van der Waals surface area (Å²) in [5, 5.41) is 1.72. The van der Waals surface area contributed by atoms with Crippen molar-refractivity contribution in [2.24, 2.45) is 0 Å². The van der Waals surface area contributed by atoms with Crippen LogP contribution in [0.1, 0.15) is 26.6 Å². The molecule has 0 atom stereocenters. The summed E-state index contributed by atoms with van der Waals surface area (Å²) in [4.78, 5) is 27.7. The smallest absolute Gasteiger partial charge is 0.305 e. The van der Waals surface area contributed by atoms with E-state index in [0.717, 1.165) is 21.9 Å². The maximum Gasteiger partial charge on any atom is 0.305 e. The van der Waals surface area contributed by atoms with Crippen molar-refractivity contribution in [1.29, 1.82) is 0 Å². The zero-order valence-electron chi connectivity index (χ0n) is 14.8. The fraction of sp³-hybridized carbons (Fsp3) is 0.100. The van der Waals surface area contributed by atoms with Crippen LogP contribution < -0.4 is 15.6 Å². The third-order valence-electron chi connectivity index (χ3n) is 4.41. The van der Waals surface area contributed by atoms with E-state index in [1.54, 1.807) is 32.2 Å². The molecule has 0 aliphatic carbocycles. The Morgan fingerprint density at radius 3 is 2.59 bits per heavy atom. The molecular weight excluding hydrogens is 346 g/mol. The highest BCUT2D eigenvalue weighted by atomic mass is 16.5. The summed E-state index contributed by atoms with van der Waals surface area (Å²) in [5.74, 6) is -0.134. The van der Waals surface area contributed by atoms with Gasteiger partial charge in [0, 0.05) is 27.9 Å². The van der Waals surface area contributed by atoms with E-state index in [-0.39, 0.29) is 5.76 Å². The number of aromatic amines is 1. The number of rotatable bonds is 3. The van der Waals surface area contributed by atoms with Gasteiger partial charge in [-0.3, -0.25) is 20.4 Å². The van der Waals surface area contributed by atoms with Crippen LogP contribution in [0, 0.1) is 6.92 Å². The van der Waals surface area contributed by atoms with Crippen LogP contribution in [0.25, 0.3) is 21.9 Å². The normalized spacial score (nSPS) is 10.9. The zero-order chi connectivity index (χ0) is 19.0. The molecule has 2 amide bonds. The summed E-state index contributed by atoms with van der Waals surface area (Å²) in [5.41, 5.74) is 7.21. The number of aryl methyl sites for hydroxylation is 1. The predicted octanol–water partition coefficient (Wildman–Crippen LogP) is 3.31. The molecule has 0 spiro atoms. The summed E-state index contributed by atoms with van der Waals surface area (Å²) < 4.78 is 10.8. The van der Waals surface area contributed by atoms with Gasteiger partial charge in [0.25, 0.3) is 5.91 Å². The molecule has 7 heteroatoms. The molecule has 0 radical (unpaired) electrons. The first-order valence-electron chi connectivity index (χ1n) is 8.32. The number of hydrogen-bond donors (Lipinski definition) is 3. The summed E-state index contributed by atoms with van der Waals surface area (Å²) in [6.45, 7) is 1.80. The van der Waals surface area contributed by atoms with Crippen molar-refractivity contribution in [1.82, 2.24) is 15.8 Å². The third-order valence-corrected chi connectivity index (χ3v) is 4.41. The molecule has 0 fully saturated rings. The number of nitrogens with one attached hydrogen (secondary N) is 3. The van der Waals surface area contributed by atoms with Gasteiger partial charge in [-0.1, -0.05) is 18.2 Å². The monoisotopic (exact) mass is 363 g/mol. The predicted molar refractivity (Wildman–Crippen MR) is 101 cm³/mol. The number of hydrazine groups is 1. The highest BCUT2D eigenvalue weighted by Crippen LogP contribution is 2.24. The largest absolute Gasteiger partial charge is 0.497 e. The SMILES string of the molecule is COc1ccc2cc(C(=O)NNC(=O)c3oc4ccccc4c3C)[nH]c2c1. The van der Waals surface area contributed by atoms with Gasteiger partial charge in [0.15, 0.2) is 5.76 Å².